The fourth-order valence-electron chi connectivity index (χ4n) is 2.54. The Morgan fingerprint density at radius 2 is 2.37 bits per heavy atom. The molecule has 4 nitrogen and oxygen atoms in total. The van der Waals surface area contributed by atoms with Crippen LogP contribution in [0.25, 0.3) is 0 Å². The van der Waals surface area contributed by atoms with E-state index in [1.807, 2.05) is 36.2 Å². The van der Waals surface area contributed by atoms with Gasteiger partial charge in [-0.3, -0.25) is 4.79 Å². The maximum atomic E-state index is 12.5. The van der Waals surface area contributed by atoms with E-state index in [4.69, 9.17) is 4.74 Å². The van der Waals surface area contributed by atoms with E-state index in [0.717, 1.165) is 37.1 Å². The molecule has 1 aromatic carbocycles. The molecule has 1 fully saturated rings. The fourth-order valence-corrected chi connectivity index (χ4v) is 2.54. The van der Waals surface area contributed by atoms with Crippen LogP contribution in [0.2, 0.25) is 0 Å². The SMILES string of the molecule is CN[C@H]1CCCN(C(=O)c2cccc(COC)c2)C1. The Labute approximate surface area is 114 Å². The largest absolute Gasteiger partial charge is 0.380 e. The van der Waals surface area contributed by atoms with Crippen LogP contribution < -0.4 is 5.32 Å². The molecule has 1 N–H and O–H groups in total. The molecule has 0 aliphatic carbocycles. The quantitative estimate of drug-likeness (QED) is 0.897. The van der Waals surface area contributed by atoms with Crippen molar-refractivity contribution in [2.45, 2.75) is 25.5 Å². The molecular formula is C15H22N2O2. The van der Waals surface area contributed by atoms with Crippen LogP contribution in [-0.4, -0.2) is 44.1 Å². The Balaban J connectivity index is 2.08. The van der Waals surface area contributed by atoms with Crippen molar-refractivity contribution < 1.29 is 9.53 Å². The number of nitrogens with zero attached hydrogens (tertiary/aromatic N) is 1. The fraction of sp³-hybridized carbons (Fsp3) is 0.533. The first-order chi connectivity index (χ1) is 9.24. The molecule has 0 unspecified atom stereocenters. The summed E-state index contributed by atoms with van der Waals surface area (Å²) in [6.45, 7) is 2.19. The molecule has 19 heavy (non-hydrogen) atoms. The number of likely N-dealkylation sites (N-methyl/N-ethyl adjacent to an activating group) is 1. The number of methoxy groups -OCH3 is 1. The number of carbonyl (C=O) groups is 1. The smallest absolute Gasteiger partial charge is 0.253 e. The lowest BCUT2D eigenvalue weighted by Gasteiger charge is -2.32. The van der Waals surface area contributed by atoms with Crippen molar-refractivity contribution >= 4 is 5.91 Å². The highest BCUT2D eigenvalue weighted by Gasteiger charge is 2.23. The highest BCUT2D eigenvalue weighted by atomic mass is 16.5. The monoisotopic (exact) mass is 262 g/mol. The number of benzene rings is 1. The second-order valence-corrected chi connectivity index (χ2v) is 5.01. The lowest BCUT2D eigenvalue weighted by Crippen LogP contribution is -2.46. The predicted octanol–water partition coefficient (Wildman–Crippen LogP) is 1.66. The van der Waals surface area contributed by atoms with Crippen molar-refractivity contribution in [3.63, 3.8) is 0 Å². The van der Waals surface area contributed by atoms with Crippen LogP contribution in [0.4, 0.5) is 0 Å². The minimum atomic E-state index is 0.123. The number of ether oxygens (including phenoxy) is 1. The van der Waals surface area contributed by atoms with Crippen LogP contribution in [0, 0.1) is 0 Å². The van der Waals surface area contributed by atoms with Gasteiger partial charge in [0.15, 0.2) is 0 Å². The van der Waals surface area contributed by atoms with Crippen molar-refractivity contribution in [2.75, 3.05) is 27.2 Å². The third kappa shape index (κ3) is 3.55. The lowest BCUT2D eigenvalue weighted by molar-refractivity contribution is 0.0698. The van der Waals surface area contributed by atoms with Gasteiger partial charge in [-0.2, -0.15) is 0 Å². The van der Waals surface area contributed by atoms with Gasteiger partial charge >= 0.3 is 0 Å². The summed E-state index contributed by atoms with van der Waals surface area (Å²) in [6, 6.07) is 8.12. The normalized spacial score (nSPS) is 19.5. The number of piperidine rings is 1. The standard InChI is InChI=1S/C15H22N2O2/c1-16-14-7-4-8-17(10-14)15(18)13-6-3-5-12(9-13)11-19-2/h3,5-6,9,14,16H,4,7-8,10-11H2,1-2H3/t14-/m0/s1. The van der Waals surface area contributed by atoms with Crippen LogP contribution in [0.5, 0.6) is 0 Å². The molecule has 1 aliphatic heterocycles. The Kier molecular flexibility index (Phi) is 4.93. The number of nitrogens with one attached hydrogen (secondary N) is 1. The molecule has 1 aromatic rings. The summed E-state index contributed by atoms with van der Waals surface area (Å²) >= 11 is 0. The molecular weight excluding hydrogens is 240 g/mol. The van der Waals surface area contributed by atoms with Gasteiger partial charge in [-0.25, -0.2) is 0 Å². The number of carbonyl (C=O) groups excluding carboxylic acids is 1. The zero-order valence-electron chi connectivity index (χ0n) is 11.7. The molecule has 104 valence electrons. The Morgan fingerprint density at radius 3 is 3.11 bits per heavy atom. The molecule has 1 amide bonds. The number of amides is 1. The first-order valence-corrected chi connectivity index (χ1v) is 6.79. The minimum absolute atomic E-state index is 0.123. The summed E-state index contributed by atoms with van der Waals surface area (Å²) in [5.41, 5.74) is 1.79. The van der Waals surface area contributed by atoms with Crippen LogP contribution in [0.1, 0.15) is 28.8 Å². The summed E-state index contributed by atoms with van der Waals surface area (Å²) in [7, 11) is 3.62. The first-order valence-electron chi connectivity index (χ1n) is 6.79. The van der Waals surface area contributed by atoms with E-state index in [2.05, 4.69) is 5.32 Å². The number of hydrogen-bond acceptors (Lipinski definition) is 3. The van der Waals surface area contributed by atoms with E-state index in [9.17, 15) is 4.79 Å². The molecule has 0 spiro atoms. The third-order valence-corrected chi connectivity index (χ3v) is 3.60. The van der Waals surface area contributed by atoms with Crippen molar-refractivity contribution in [1.29, 1.82) is 0 Å². The van der Waals surface area contributed by atoms with E-state index in [1.165, 1.54) is 0 Å². The molecule has 4 heteroatoms. The highest BCUT2D eigenvalue weighted by molar-refractivity contribution is 5.94. The average molecular weight is 262 g/mol. The van der Waals surface area contributed by atoms with Gasteiger partial charge in [0.25, 0.3) is 5.91 Å². The van der Waals surface area contributed by atoms with Crippen molar-refractivity contribution in [2.24, 2.45) is 0 Å². The zero-order valence-corrected chi connectivity index (χ0v) is 11.7. The van der Waals surface area contributed by atoms with Crippen LogP contribution in [0.15, 0.2) is 24.3 Å². The molecule has 0 radical (unpaired) electrons. The van der Waals surface area contributed by atoms with E-state index in [1.54, 1.807) is 7.11 Å². The molecule has 0 bridgehead atoms. The number of rotatable bonds is 4. The van der Waals surface area contributed by atoms with Gasteiger partial charge in [-0.05, 0) is 37.6 Å². The van der Waals surface area contributed by atoms with E-state index >= 15 is 0 Å². The predicted molar refractivity (Wildman–Crippen MR) is 75.1 cm³/mol. The van der Waals surface area contributed by atoms with Gasteiger partial charge in [0.1, 0.15) is 0 Å². The second kappa shape index (κ2) is 6.68. The van der Waals surface area contributed by atoms with Crippen molar-refractivity contribution in [1.82, 2.24) is 10.2 Å². The lowest BCUT2D eigenvalue weighted by atomic mass is 10.0. The van der Waals surface area contributed by atoms with Gasteiger partial charge in [-0.15, -0.1) is 0 Å². The van der Waals surface area contributed by atoms with E-state index < -0.39 is 0 Å². The van der Waals surface area contributed by atoms with Crippen LogP contribution in [-0.2, 0) is 11.3 Å². The minimum Gasteiger partial charge on any atom is -0.380 e. The van der Waals surface area contributed by atoms with Gasteiger partial charge < -0.3 is 15.0 Å². The van der Waals surface area contributed by atoms with Crippen molar-refractivity contribution in [3.8, 4) is 0 Å². The Morgan fingerprint density at radius 1 is 1.53 bits per heavy atom. The summed E-state index contributed by atoms with van der Waals surface area (Å²) in [5, 5.41) is 3.26. The molecule has 2 rings (SSSR count). The molecule has 1 aliphatic rings. The molecule has 0 aromatic heterocycles. The Bertz CT molecular complexity index is 434. The maximum absolute atomic E-state index is 12.5. The van der Waals surface area contributed by atoms with Gasteiger partial charge in [0.2, 0.25) is 0 Å². The van der Waals surface area contributed by atoms with Crippen LogP contribution >= 0.6 is 0 Å². The summed E-state index contributed by atoms with van der Waals surface area (Å²) in [4.78, 5) is 14.4. The van der Waals surface area contributed by atoms with Crippen molar-refractivity contribution in [3.05, 3.63) is 35.4 Å². The third-order valence-electron chi connectivity index (χ3n) is 3.60. The summed E-state index contributed by atoms with van der Waals surface area (Å²) in [5.74, 6) is 0.123. The summed E-state index contributed by atoms with van der Waals surface area (Å²) in [6.07, 6.45) is 2.21. The maximum Gasteiger partial charge on any atom is 0.253 e. The molecule has 0 saturated carbocycles. The molecule has 1 saturated heterocycles. The number of hydrogen-bond donors (Lipinski definition) is 1. The van der Waals surface area contributed by atoms with E-state index in [0.29, 0.717) is 12.6 Å². The summed E-state index contributed by atoms with van der Waals surface area (Å²) < 4.78 is 5.11. The van der Waals surface area contributed by atoms with Gasteiger partial charge in [0.05, 0.1) is 6.61 Å². The first kappa shape index (κ1) is 14.0. The molecule has 1 heterocycles. The van der Waals surface area contributed by atoms with Crippen LogP contribution in [0.3, 0.4) is 0 Å². The average Bonchev–Trinajstić information content (AvgIpc) is 2.47. The van der Waals surface area contributed by atoms with Gasteiger partial charge in [-0.1, -0.05) is 12.1 Å². The second-order valence-electron chi connectivity index (χ2n) is 5.01. The van der Waals surface area contributed by atoms with E-state index in [-0.39, 0.29) is 5.91 Å². The molecule has 1 atom stereocenters. The number of likely N-dealkylation sites (tertiary alicyclic amines) is 1. The topological polar surface area (TPSA) is 41.6 Å². The van der Waals surface area contributed by atoms with Gasteiger partial charge in [0, 0.05) is 31.8 Å². The zero-order chi connectivity index (χ0) is 13.7. The Hall–Kier alpha value is -1.39. The highest BCUT2D eigenvalue weighted by Crippen LogP contribution is 2.15.